The summed E-state index contributed by atoms with van der Waals surface area (Å²) >= 11 is 1.02. The van der Waals surface area contributed by atoms with Crippen molar-refractivity contribution in [2.75, 3.05) is 39.1 Å². The minimum atomic E-state index is -4.12. The van der Waals surface area contributed by atoms with E-state index in [0.29, 0.717) is 16.6 Å². The lowest BCUT2D eigenvalue weighted by molar-refractivity contribution is -0.136. The predicted octanol–water partition coefficient (Wildman–Crippen LogP) is 3.18. The number of amides is 1. The lowest BCUT2D eigenvalue weighted by Crippen LogP contribution is -2.48. The molecule has 1 N–H and O–H groups in total. The minimum absolute atomic E-state index is 0.00286. The third-order valence-corrected chi connectivity index (χ3v) is 9.70. The molecule has 3 aromatic rings. The number of methoxy groups -OCH3 is 1. The van der Waals surface area contributed by atoms with Gasteiger partial charge in [-0.15, -0.1) is 0 Å². The summed E-state index contributed by atoms with van der Waals surface area (Å²) in [5.41, 5.74) is 0.975. The van der Waals surface area contributed by atoms with E-state index in [1.165, 1.54) is 36.4 Å². The monoisotopic (exact) mass is 597 g/mol. The highest BCUT2D eigenvalue weighted by Crippen LogP contribution is 2.35. The molecule has 1 aliphatic rings. The number of sulfonamides is 1. The van der Waals surface area contributed by atoms with Crippen LogP contribution in [0.5, 0.6) is 0 Å². The summed E-state index contributed by atoms with van der Waals surface area (Å²) in [5, 5.41) is 3.68. The fraction of sp³-hybridized carbons (Fsp3) is 0.310. The molecule has 1 amide bonds. The lowest BCUT2D eigenvalue weighted by atomic mass is 10.1. The fourth-order valence-corrected chi connectivity index (χ4v) is 7.75. The first-order valence-electron chi connectivity index (χ1n) is 12.9. The first-order valence-corrected chi connectivity index (χ1v) is 15.2. The van der Waals surface area contributed by atoms with E-state index in [2.05, 4.69) is 10.1 Å². The molecule has 12 heteroatoms. The van der Waals surface area contributed by atoms with Crippen LogP contribution >= 0.6 is 11.8 Å². The summed E-state index contributed by atoms with van der Waals surface area (Å²) in [6, 6.07) is 17.4. The second-order valence-electron chi connectivity index (χ2n) is 9.69. The van der Waals surface area contributed by atoms with E-state index in [1.807, 2.05) is 18.2 Å². The average molecular weight is 598 g/mol. The van der Waals surface area contributed by atoms with Crippen molar-refractivity contribution in [3.05, 3.63) is 72.3 Å². The Labute approximate surface area is 243 Å². The molecule has 3 aromatic carbocycles. The van der Waals surface area contributed by atoms with Crippen LogP contribution in [0, 0.1) is 0 Å². The molecule has 0 bridgehead atoms. The molecule has 1 saturated heterocycles. The normalized spacial score (nSPS) is 17.2. The van der Waals surface area contributed by atoms with Crippen LogP contribution in [-0.4, -0.2) is 85.5 Å². The maximum Gasteiger partial charge on any atom is 0.337 e. The highest BCUT2D eigenvalue weighted by atomic mass is 32.2. The number of hydrogen-bond acceptors (Lipinski definition) is 9. The molecule has 0 aromatic heterocycles. The number of anilines is 1. The quantitative estimate of drug-likeness (QED) is 0.350. The standard InChI is InChI=1S/C29H31N3O7S2/c1-19(33)40-24-15-26(32(18-24)41(37,38)27-10-6-8-20-7-4-5-9-25(20)27)28(35)31(2)17-23(34)16-30-22-13-11-21(12-14-22)29(36)39-3/h4-14,24,26,30H,15-18H2,1-3H3. The van der Waals surface area contributed by atoms with Crippen molar-refractivity contribution in [1.82, 2.24) is 9.21 Å². The molecule has 0 saturated carbocycles. The second kappa shape index (κ2) is 12.8. The summed E-state index contributed by atoms with van der Waals surface area (Å²) in [6.07, 6.45) is 0.149. The van der Waals surface area contributed by atoms with Gasteiger partial charge in [0.05, 0.1) is 30.7 Å². The van der Waals surface area contributed by atoms with Crippen LogP contribution in [-0.2, 0) is 29.1 Å². The second-order valence-corrected chi connectivity index (χ2v) is 13.0. The zero-order valence-corrected chi connectivity index (χ0v) is 24.5. The number of ketones is 1. The van der Waals surface area contributed by atoms with Gasteiger partial charge in [0.15, 0.2) is 10.9 Å². The number of thioether (sulfide) groups is 1. The summed E-state index contributed by atoms with van der Waals surface area (Å²) < 4.78 is 33.7. The molecule has 2 unspecified atom stereocenters. The lowest BCUT2D eigenvalue weighted by Gasteiger charge is -2.27. The van der Waals surface area contributed by atoms with Gasteiger partial charge in [-0.25, -0.2) is 13.2 Å². The van der Waals surface area contributed by atoms with Gasteiger partial charge in [0.25, 0.3) is 0 Å². The fourth-order valence-electron chi connectivity index (χ4n) is 4.82. The van der Waals surface area contributed by atoms with Crippen LogP contribution in [0.1, 0.15) is 23.7 Å². The number of carbonyl (C=O) groups excluding carboxylic acids is 4. The van der Waals surface area contributed by atoms with Crippen molar-refractivity contribution in [3.8, 4) is 0 Å². The van der Waals surface area contributed by atoms with Crippen LogP contribution in [0.2, 0.25) is 0 Å². The molecule has 2 atom stereocenters. The Morgan fingerprint density at radius 3 is 2.39 bits per heavy atom. The number of carbonyl (C=O) groups is 4. The van der Waals surface area contributed by atoms with Gasteiger partial charge in [-0.1, -0.05) is 48.2 Å². The number of ether oxygens (including phenoxy) is 1. The third kappa shape index (κ3) is 6.95. The van der Waals surface area contributed by atoms with E-state index in [0.717, 1.165) is 17.1 Å². The molecule has 1 heterocycles. The molecule has 0 aliphatic carbocycles. The highest BCUT2D eigenvalue weighted by Gasteiger charge is 2.46. The van der Waals surface area contributed by atoms with Crippen LogP contribution in [0.25, 0.3) is 10.8 Å². The first-order chi connectivity index (χ1) is 19.5. The third-order valence-electron chi connectivity index (χ3n) is 6.76. The van der Waals surface area contributed by atoms with E-state index in [1.54, 1.807) is 42.5 Å². The van der Waals surface area contributed by atoms with Crippen LogP contribution < -0.4 is 5.32 Å². The topological polar surface area (TPSA) is 130 Å². The van der Waals surface area contributed by atoms with E-state index in [9.17, 15) is 27.6 Å². The first kappa shape index (κ1) is 30.2. The number of benzene rings is 3. The predicted molar refractivity (Wildman–Crippen MR) is 157 cm³/mol. The largest absolute Gasteiger partial charge is 0.465 e. The van der Waals surface area contributed by atoms with Crippen LogP contribution in [0.4, 0.5) is 5.69 Å². The van der Waals surface area contributed by atoms with E-state index >= 15 is 0 Å². The summed E-state index contributed by atoms with van der Waals surface area (Å²) in [6.45, 7) is 1.08. The van der Waals surface area contributed by atoms with Crippen molar-refractivity contribution < 1.29 is 32.3 Å². The number of esters is 1. The van der Waals surface area contributed by atoms with E-state index < -0.39 is 33.2 Å². The molecule has 1 fully saturated rings. The number of hydrogen-bond donors (Lipinski definition) is 1. The molecule has 0 spiro atoms. The summed E-state index contributed by atoms with van der Waals surface area (Å²) in [4.78, 5) is 51.0. The molecule has 1 aliphatic heterocycles. The van der Waals surface area contributed by atoms with E-state index in [-0.39, 0.29) is 41.8 Å². The number of fused-ring (bicyclic) bond motifs is 1. The Balaban J connectivity index is 1.48. The molecular weight excluding hydrogens is 566 g/mol. The highest BCUT2D eigenvalue weighted by molar-refractivity contribution is 8.14. The van der Waals surface area contributed by atoms with Gasteiger partial charge < -0.3 is 15.0 Å². The average Bonchev–Trinajstić information content (AvgIpc) is 3.39. The van der Waals surface area contributed by atoms with Gasteiger partial charge in [-0.05, 0) is 42.1 Å². The van der Waals surface area contributed by atoms with E-state index in [4.69, 9.17) is 0 Å². The Kier molecular flexibility index (Phi) is 9.46. The maximum atomic E-state index is 13.9. The zero-order chi connectivity index (χ0) is 29.7. The zero-order valence-electron chi connectivity index (χ0n) is 22.9. The number of nitrogens with one attached hydrogen (secondary N) is 1. The van der Waals surface area contributed by atoms with Crippen molar-refractivity contribution in [3.63, 3.8) is 0 Å². The van der Waals surface area contributed by atoms with Crippen molar-refractivity contribution in [2.24, 2.45) is 0 Å². The van der Waals surface area contributed by atoms with Gasteiger partial charge in [0, 0.05) is 36.8 Å². The van der Waals surface area contributed by atoms with Crippen LogP contribution in [0.3, 0.4) is 0 Å². The Bertz CT molecular complexity index is 1570. The minimum Gasteiger partial charge on any atom is -0.465 e. The molecule has 0 radical (unpaired) electrons. The molecule has 4 rings (SSSR count). The van der Waals surface area contributed by atoms with Gasteiger partial charge >= 0.3 is 5.97 Å². The van der Waals surface area contributed by atoms with Crippen molar-refractivity contribution in [1.29, 1.82) is 0 Å². The summed E-state index contributed by atoms with van der Waals surface area (Å²) in [5.74, 6) is -1.29. The Hall–Kier alpha value is -3.74. The molecule has 10 nitrogen and oxygen atoms in total. The molecule has 216 valence electrons. The van der Waals surface area contributed by atoms with Crippen molar-refractivity contribution in [2.45, 2.75) is 29.5 Å². The number of Topliss-reactive ketones (excluding diaryl/α,β-unsaturated/α-hetero) is 1. The van der Waals surface area contributed by atoms with Gasteiger partial charge in [0.1, 0.15) is 6.04 Å². The number of nitrogens with zero attached hydrogens (tertiary/aromatic N) is 2. The Morgan fingerprint density at radius 1 is 1.02 bits per heavy atom. The number of rotatable bonds is 10. The van der Waals surface area contributed by atoms with Gasteiger partial charge in [-0.3, -0.25) is 14.4 Å². The summed E-state index contributed by atoms with van der Waals surface area (Å²) in [7, 11) is -1.37. The Morgan fingerprint density at radius 2 is 1.71 bits per heavy atom. The van der Waals surface area contributed by atoms with Gasteiger partial charge in [0.2, 0.25) is 15.9 Å². The molecule has 41 heavy (non-hydrogen) atoms. The van der Waals surface area contributed by atoms with Crippen molar-refractivity contribution >= 4 is 61.0 Å². The molecular formula is C29H31N3O7S2. The SMILES string of the molecule is COC(=O)c1ccc(NCC(=O)CN(C)C(=O)C2CC(SC(C)=O)CN2S(=O)(=O)c2cccc3ccccc23)cc1. The van der Waals surface area contributed by atoms with Gasteiger partial charge in [-0.2, -0.15) is 4.31 Å². The van der Waals surface area contributed by atoms with Crippen LogP contribution in [0.15, 0.2) is 71.6 Å². The number of likely N-dealkylation sites (N-methyl/N-ethyl adjacent to an activating group) is 1. The maximum absolute atomic E-state index is 13.9. The smallest absolute Gasteiger partial charge is 0.337 e.